The lowest BCUT2D eigenvalue weighted by Crippen LogP contribution is -2.38. The zero-order chi connectivity index (χ0) is 20.4. The molecule has 0 unspecified atom stereocenters. The minimum absolute atomic E-state index is 0.0846. The van der Waals surface area contributed by atoms with Gasteiger partial charge in [-0.1, -0.05) is 32.1 Å². The molecule has 1 aromatic carbocycles. The number of amides is 2. The topological polar surface area (TPSA) is 84.5 Å². The molecule has 2 rings (SSSR count). The summed E-state index contributed by atoms with van der Waals surface area (Å²) in [5, 5.41) is 5.24. The second-order valence-corrected chi connectivity index (χ2v) is 6.90. The van der Waals surface area contributed by atoms with Gasteiger partial charge in [0.15, 0.2) is 6.61 Å². The van der Waals surface area contributed by atoms with E-state index < -0.39 is 23.5 Å². The first-order chi connectivity index (χ1) is 13.5. The van der Waals surface area contributed by atoms with E-state index >= 15 is 0 Å². The van der Waals surface area contributed by atoms with Gasteiger partial charge in [-0.05, 0) is 25.0 Å². The van der Waals surface area contributed by atoms with E-state index in [1.165, 1.54) is 19.3 Å². The van der Waals surface area contributed by atoms with Crippen molar-refractivity contribution in [2.24, 2.45) is 0 Å². The SMILES string of the molecule is O=C(COC(=O)CCNC(=O)c1ccc(F)cc1F)NC1CCCCCCC1. The van der Waals surface area contributed by atoms with Crippen LogP contribution in [0, 0.1) is 11.6 Å². The molecule has 0 heterocycles. The molecule has 0 radical (unpaired) electrons. The normalized spacial score (nSPS) is 15.2. The van der Waals surface area contributed by atoms with Crippen molar-refractivity contribution in [2.75, 3.05) is 13.2 Å². The minimum atomic E-state index is -0.981. The van der Waals surface area contributed by atoms with Crippen molar-refractivity contribution in [2.45, 2.75) is 57.4 Å². The molecule has 28 heavy (non-hydrogen) atoms. The Kier molecular flexibility index (Phi) is 8.84. The molecular weight excluding hydrogens is 370 g/mol. The maximum atomic E-state index is 13.5. The number of rotatable bonds is 7. The van der Waals surface area contributed by atoms with Crippen molar-refractivity contribution < 1.29 is 27.9 Å². The monoisotopic (exact) mass is 396 g/mol. The predicted molar refractivity (Wildman–Crippen MR) is 98.5 cm³/mol. The molecule has 2 amide bonds. The van der Waals surface area contributed by atoms with Crippen LogP contribution < -0.4 is 10.6 Å². The van der Waals surface area contributed by atoms with E-state index in [2.05, 4.69) is 10.6 Å². The quantitative estimate of drug-likeness (QED) is 0.694. The molecule has 6 nitrogen and oxygen atoms in total. The standard InChI is InChI=1S/C20H26F2N2O4/c21-14-8-9-16(17(22)12-14)20(27)23-11-10-19(26)28-13-18(25)24-15-6-4-2-1-3-5-7-15/h8-9,12,15H,1-7,10-11,13H2,(H,23,27)(H,24,25). The van der Waals surface area contributed by atoms with Crippen molar-refractivity contribution >= 4 is 17.8 Å². The van der Waals surface area contributed by atoms with Crippen molar-refractivity contribution in [1.82, 2.24) is 10.6 Å². The van der Waals surface area contributed by atoms with Crippen molar-refractivity contribution in [3.8, 4) is 0 Å². The molecule has 8 heteroatoms. The van der Waals surface area contributed by atoms with E-state index in [0.717, 1.165) is 37.8 Å². The van der Waals surface area contributed by atoms with Crippen LogP contribution in [0.3, 0.4) is 0 Å². The predicted octanol–water partition coefficient (Wildman–Crippen LogP) is 2.86. The largest absolute Gasteiger partial charge is 0.456 e. The molecule has 1 aliphatic carbocycles. The van der Waals surface area contributed by atoms with Gasteiger partial charge in [0.05, 0.1) is 12.0 Å². The van der Waals surface area contributed by atoms with Crippen molar-refractivity contribution in [3.05, 3.63) is 35.4 Å². The zero-order valence-corrected chi connectivity index (χ0v) is 15.8. The molecule has 154 valence electrons. The van der Waals surface area contributed by atoms with Gasteiger partial charge in [0.1, 0.15) is 11.6 Å². The average molecular weight is 396 g/mol. The molecule has 1 fully saturated rings. The highest BCUT2D eigenvalue weighted by atomic mass is 19.1. The van der Waals surface area contributed by atoms with Crippen LogP contribution in [-0.4, -0.2) is 37.0 Å². The van der Waals surface area contributed by atoms with Gasteiger partial charge in [-0.15, -0.1) is 0 Å². The van der Waals surface area contributed by atoms with E-state index in [4.69, 9.17) is 4.74 Å². The summed E-state index contributed by atoms with van der Waals surface area (Å²) >= 11 is 0. The fourth-order valence-electron chi connectivity index (χ4n) is 3.13. The molecule has 2 N–H and O–H groups in total. The number of carbonyl (C=O) groups excluding carboxylic acids is 3. The second kappa shape index (κ2) is 11.4. The first kappa shape index (κ1) is 21.8. The zero-order valence-electron chi connectivity index (χ0n) is 15.8. The van der Waals surface area contributed by atoms with E-state index in [9.17, 15) is 23.2 Å². The highest BCUT2D eigenvalue weighted by Gasteiger charge is 2.16. The third-order valence-electron chi connectivity index (χ3n) is 4.62. The van der Waals surface area contributed by atoms with Gasteiger partial charge in [-0.25, -0.2) is 8.78 Å². The van der Waals surface area contributed by atoms with Crippen molar-refractivity contribution in [1.29, 1.82) is 0 Å². The van der Waals surface area contributed by atoms with Gasteiger partial charge in [-0.2, -0.15) is 0 Å². The molecule has 0 aromatic heterocycles. The number of hydrogen-bond donors (Lipinski definition) is 2. The van der Waals surface area contributed by atoms with E-state index in [1.807, 2.05) is 0 Å². The summed E-state index contributed by atoms with van der Waals surface area (Å²) in [5.74, 6) is -3.50. The Bertz CT molecular complexity index is 689. The Hall–Kier alpha value is -2.51. The number of halogens is 2. The van der Waals surface area contributed by atoms with Crippen molar-refractivity contribution in [3.63, 3.8) is 0 Å². The van der Waals surface area contributed by atoms with Gasteiger partial charge < -0.3 is 15.4 Å². The first-order valence-corrected chi connectivity index (χ1v) is 9.64. The van der Waals surface area contributed by atoms with Gasteiger partial charge in [0.25, 0.3) is 11.8 Å². The third-order valence-corrected chi connectivity index (χ3v) is 4.62. The Morgan fingerprint density at radius 1 is 1.04 bits per heavy atom. The van der Waals surface area contributed by atoms with E-state index in [-0.39, 0.29) is 37.1 Å². The van der Waals surface area contributed by atoms with Crippen LogP contribution in [0.5, 0.6) is 0 Å². The number of benzene rings is 1. The van der Waals surface area contributed by atoms with Crippen LogP contribution in [0.1, 0.15) is 61.7 Å². The highest BCUT2D eigenvalue weighted by molar-refractivity contribution is 5.94. The minimum Gasteiger partial charge on any atom is -0.456 e. The summed E-state index contributed by atoms with van der Waals surface area (Å²) in [7, 11) is 0. The summed E-state index contributed by atoms with van der Waals surface area (Å²) in [5.41, 5.74) is -0.312. The Morgan fingerprint density at radius 3 is 2.39 bits per heavy atom. The van der Waals surface area contributed by atoms with E-state index in [0.29, 0.717) is 6.07 Å². The summed E-state index contributed by atoms with van der Waals surface area (Å²) in [4.78, 5) is 35.4. The Balaban J connectivity index is 1.63. The molecule has 0 atom stereocenters. The number of nitrogens with one attached hydrogen (secondary N) is 2. The molecule has 0 saturated heterocycles. The van der Waals surface area contributed by atoms with Gasteiger partial charge in [0.2, 0.25) is 0 Å². The molecular formula is C20H26F2N2O4. The maximum Gasteiger partial charge on any atom is 0.308 e. The summed E-state index contributed by atoms with van der Waals surface area (Å²) < 4.78 is 31.2. The summed E-state index contributed by atoms with van der Waals surface area (Å²) in [6.07, 6.45) is 7.47. The van der Waals surface area contributed by atoms with Gasteiger partial charge >= 0.3 is 5.97 Å². The lowest BCUT2D eigenvalue weighted by molar-refractivity contribution is -0.148. The highest BCUT2D eigenvalue weighted by Crippen LogP contribution is 2.17. The number of hydrogen-bond acceptors (Lipinski definition) is 4. The second-order valence-electron chi connectivity index (χ2n) is 6.90. The number of esters is 1. The number of carbonyl (C=O) groups is 3. The Labute approximate surface area is 163 Å². The molecule has 1 aromatic rings. The van der Waals surface area contributed by atoms with Gasteiger partial charge in [-0.3, -0.25) is 14.4 Å². The molecule has 1 aliphatic rings. The molecule has 0 aliphatic heterocycles. The third kappa shape index (κ3) is 7.62. The van der Waals surface area contributed by atoms with Crippen LogP contribution in [0.25, 0.3) is 0 Å². The van der Waals surface area contributed by atoms with E-state index in [1.54, 1.807) is 0 Å². The van der Waals surface area contributed by atoms with Crippen LogP contribution in [0.15, 0.2) is 18.2 Å². The van der Waals surface area contributed by atoms with Crippen LogP contribution in [0.4, 0.5) is 8.78 Å². The van der Waals surface area contributed by atoms with Gasteiger partial charge in [0, 0.05) is 18.7 Å². The summed E-state index contributed by atoms with van der Waals surface area (Å²) in [6.45, 7) is -0.450. The first-order valence-electron chi connectivity index (χ1n) is 9.64. The van der Waals surface area contributed by atoms with Crippen LogP contribution in [0.2, 0.25) is 0 Å². The smallest absolute Gasteiger partial charge is 0.308 e. The Morgan fingerprint density at radius 2 is 1.71 bits per heavy atom. The fourth-order valence-corrected chi connectivity index (χ4v) is 3.13. The fraction of sp³-hybridized carbons (Fsp3) is 0.550. The van der Waals surface area contributed by atoms with Crippen LogP contribution >= 0.6 is 0 Å². The number of ether oxygens (including phenoxy) is 1. The maximum absolute atomic E-state index is 13.5. The molecule has 0 spiro atoms. The average Bonchev–Trinajstić information content (AvgIpc) is 2.62. The molecule has 0 bridgehead atoms. The summed E-state index contributed by atoms with van der Waals surface area (Å²) in [6, 6.07) is 2.73. The molecule has 1 saturated carbocycles. The lowest BCUT2D eigenvalue weighted by Gasteiger charge is -2.20. The lowest BCUT2D eigenvalue weighted by atomic mass is 9.97. The van der Waals surface area contributed by atoms with Crippen LogP contribution in [-0.2, 0) is 14.3 Å².